The normalized spacial score (nSPS) is 10.5. The van der Waals surface area contributed by atoms with E-state index in [-0.39, 0.29) is 25.2 Å². The van der Waals surface area contributed by atoms with Crippen molar-refractivity contribution in [2.24, 2.45) is 0 Å². The van der Waals surface area contributed by atoms with E-state index >= 15 is 0 Å². The van der Waals surface area contributed by atoms with Crippen molar-refractivity contribution in [2.75, 3.05) is 20.3 Å². The summed E-state index contributed by atoms with van der Waals surface area (Å²) < 4.78 is 19.9. The Bertz CT molecular complexity index is 820. The fourth-order valence-electron chi connectivity index (χ4n) is 2.23. The third kappa shape index (κ3) is 3.92. The molecule has 7 nitrogen and oxygen atoms in total. The number of hydrogen-bond donors (Lipinski definition) is 0. The largest absolute Gasteiger partial charge is 0.482 e. The average Bonchev–Trinajstić information content (AvgIpc) is 2.56. The van der Waals surface area contributed by atoms with Gasteiger partial charge in [0, 0.05) is 11.5 Å². The van der Waals surface area contributed by atoms with Crippen LogP contribution in [0.3, 0.4) is 0 Å². The monoisotopic (exact) mass is 334 g/mol. The molecule has 0 atom stereocenters. The van der Waals surface area contributed by atoms with E-state index in [1.807, 2.05) is 0 Å². The van der Waals surface area contributed by atoms with Gasteiger partial charge in [0.1, 0.15) is 11.3 Å². The van der Waals surface area contributed by atoms with E-state index in [4.69, 9.17) is 13.9 Å². The minimum Gasteiger partial charge on any atom is -0.482 e. The molecule has 1 aromatic carbocycles. The van der Waals surface area contributed by atoms with Crippen LogP contribution in [-0.2, 0) is 25.5 Å². The van der Waals surface area contributed by atoms with Gasteiger partial charge < -0.3 is 18.6 Å². The van der Waals surface area contributed by atoms with Crippen LogP contribution in [0.15, 0.2) is 27.4 Å². The summed E-state index contributed by atoms with van der Waals surface area (Å²) in [5.74, 6) is -0.624. The number of benzene rings is 1. The van der Waals surface area contributed by atoms with Crippen molar-refractivity contribution in [1.29, 1.82) is 0 Å². The number of aryl methyl sites for hydroxylation is 1. The topological polar surface area (TPSA) is 92.0 Å². The molecule has 0 N–H and O–H groups in total. The zero-order chi connectivity index (χ0) is 17.7. The van der Waals surface area contributed by atoms with E-state index in [1.54, 1.807) is 26.0 Å². The van der Waals surface area contributed by atoms with E-state index in [0.29, 0.717) is 22.3 Å². The Morgan fingerprint density at radius 1 is 1.21 bits per heavy atom. The van der Waals surface area contributed by atoms with Crippen molar-refractivity contribution in [3.05, 3.63) is 39.7 Å². The van der Waals surface area contributed by atoms with Crippen LogP contribution in [0.2, 0.25) is 0 Å². The maximum atomic E-state index is 12.1. The number of carbonyl (C=O) groups excluding carboxylic acids is 2. The summed E-state index contributed by atoms with van der Waals surface area (Å²) in [6.45, 7) is 3.48. The lowest BCUT2D eigenvalue weighted by Crippen LogP contribution is -2.16. The number of fused-ring (bicyclic) bond motifs is 1. The zero-order valence-electron chi connectivity index (χ0n) is 13.7. The third-order valence-electron chi connectivity index (χ3n) is 3.47. The molecule has 1 aromatic heterocycles. The van der Waals surface area contributed by atoms with Gasteiger partial charge in [-0.15, -0.1) is 0 Å². The van der Waals surface area contributed by atoms with E-state index in [2.05, 4.69) is 4.74 Å². The second kappa shape index (κ2) is 7.63. The number of ether oxygens (including phenoxy) is 3. The molecule has 2 aromatic rings. The second-order valence-electron chi connectivity index (χ2n) is 5.00. The summed E-state index contributed by atoms with van der Waals surface area (Å²) in [6.07, 6.45) is -0.151. The minimum absolute atomic E-state index is 0.151. The van der Waals surface area contributed by atoms with Crippen LogP contribution >= 0.6 is 0 Å². The molecular formula is C17H18O7. The fourth-order valence-corrected chi connectivity index (χ4v) is 2.23. The highest BCUT2D eigenvalue weighted by atomic mass is 16.6. The molecule has 7 heteroatoms. The molecule has 0 spiro atoms. The van der Waals surface area contributed by atoms with Gasteiger partial charge in [-0.05, 0) is 31.5 Å². The quantitative estimate of drug-likeness (QED) is 0.587. The Morgan fingerprint density at radius 2 is 1.96 bits per heavy atom. The molecule has 0 fully saturated rings. The molecule has 0 amide bonds. The molecule has 128 valence electrons. The third-order valence-corrected chi connectivity index (χ3v) is 3.47. The van der Waals surface area contributed by atoms with Crippen molar-refractivity contribution in [2.45, 2.75) is 20.3 Å². The standard InChI is InChI=1S/C17H18O7/c1-4-22-16(19)9-23-11-5-6-12-10(2)13(8-15(18)21-3)17(20)24-14(12)7-11/h5-7H,4,8-9H2,1-3H3. The Morgan fingerprint density at radius 3 is 2.62 bits per heavy atom. The molecule has 0 saturated carbocycles. The average molecular weight is 334 g/mol. The van der Waals surface area contributed by atoms with Crippen molar-refractivity contribution in [1.82, 2.24) is 0 Å². The summed E-state index contributed by atoms with van der Waals surface area (Å²) in [5.41, 5.74) is 0.610. The lowest BCUT2D eigenvalue weighted by atomic mass is 10.0. The first kappa shape index (κ1) is 17.5. The lowest BCUT2D eigenvalue weighted by molar-refractivity contribution is -0.145. The molecule has 0 unspecified atom stereocenters. The van der Waals surface area contributed by atoms with E-state index in [1.165, 1.54) is 13.2 Å². The fraction of sp³-hybridized carbons (Fsp3) is 0.353. The number of rotatable bonds is 6. The van der Waals surface area contributed by atoms with E-state index in [9.17, 15) is 14.4 Å². The molecule has 0 aliphatic heterocycles. The number of carbonyl (C=O) groups is 2. The van der Waals surface area contributed by atoms with Crippen LogP contribution in [-0.4, -0.2) is 32.3 Å². The van der Waals surface area contributed by atoms with Gasteiger partial charge in [0.15, 0.2) is 6.61 Å². The van der Waals surface area contributed by atoms with Crippen molar-refractivity contribution < 1.29 is 28.2 Å². The molecule has 0 radical (unpaired) electrons. The minimum atomic E-state index is -0.604. The van der Waals surface area contributed by atoms with Crippen LogP contribution in [0.1, 0.15) is 18.1 Å². The van der Waals surface area contributed by atoms with Gasteiger partial charge in [-0.3, -0.25) is 4.79 Å². The summed E-state index contributed by atoms with van der Waals surface area (Å²) in [7, 11) is 1.26. The van der Waals surface area contributed by atoms with Crippen LogP contribution in [0.5, 0.6) is 5.75 Å². The smallest absolute Gasteiger partial charge is 0.344 e. The maximum absolute atomic E-state index is 12.1. The summed E-state index contributed by atoms with van der Waals surface area (Å²) in [6, 6.07) is 4.87. The van der Waals surface area contributed by atoms with Gasteiger partial charge >= 0.3 is 17.6 Å². The van der Waals surface area contributed by atoms with Gasteiger partial charge in [-0.2, -0.15) is 0 Å². The van der Waals surface area contributed by atoms with Crippen LogP contribution in [0.25, 0.3) is 11.0 Å². The van der Waals surface area contributed by atoms with E-state index in [0.717, 1.165) is 0 Å². The van der Waals surface area contributed by atoms with Gasteiger partial charge in [-0.25, -0.2) is 9.59 Å². The van der Waals surface area contributed by atoms with Gasteiger partial charge in [0.2, 0.25) is 0 Å². The highest BCUT2D eigenvalue weighted by Gasteiger charge is 2.15. The highest BCUT2D eigenvalue weighted by molar-refractivity contribution is 5.84. The predicted octanol–water partition coefficient (Wildman–Crippen LogP) is 1.76. The van der Waals surface area contributed by atoms with Gasteiger partial charge in [0.25, 0.3) is 0 Å². The van der Waals surface area contributed by atoms with Gasteiger partial charge in [-0.1, -0.05) is 0 Å². The van der Waals surface area contributed by atoms with E-state index < -0.39 is 17.6 Å². The first-order chi connectivity index (χ1) is 11.5. The predicted molar refractivity (Wildman–Crippen MR) is 85.1 cm³/mol. The summed E-state index contributed by atoms with van der Waals surface area (Å²) >= 11 is 0. The lowest BCUT2D eigenvalue weighted by Gasteiger charge is -2.09. The van der Waals surface area contributed by atoms with Crippen LogP contribution in [0.4, 0.5) is 0 Å². The Labute approximate surface area is 138 Å². The SMILES string of the molecule is CCOC(=O)COc1ccc2c(C)c(CC(=O)OC)c(=O)oc2c1. The summed E-state index contributed by atoms with van der Waals surface area (Å²) in [5, 5.41) is 0.678. The van der Waals surface area contributed by atoms with Crippen LogP contribution in [0, 0.1) is 6.92 Å². The zero-order valence-corrected chi connectivity index (χ0v) is 13.7. The number of methoxy groups -OCH3 is 1. The molecular weight excluding hydrogens is 316 g/mol. The molecule has 0 aliphatic rings. The molecule has 0 saturated heterocycles. The van der Waals surface area contributed by atoms with Crippen molar-refractivity contribution in [3.8, 4) is 5.75 Å². The molecule has 0 aliphatic carbocycles. The Hall–Kier alpha value is -2.83. The first-order valence-electron chi connectivity index (χ1n) is 7.37. The van der Waals surface area contributed by atoms with Gasteiger partial charge in [0.05, 0.1) is 25.7 Å². The second-order valence-corrected chi connectivity index (χ2v) is 5.00. The molecule has 0 bridgehead atoms. The molecule has 2 rings (SSSR count). The molecule has 24 heavy (non-hydrogen) atoms. The highest BCUT2D eigenvalue weighted by Crippen LogP contribution is 2.24. The maximum Gasteiger partial charge on any atom is 0.344 e. The summed E-state index contributed by atoms with van der Waals surface area (Å²) in [4.78, 5) is 34.8. The Balaban J connectivity index is 2.31. The van der Waals surface area contributed by atoms with Crippen molar-refractivity contribution in [3.63, 3.8) is 0 Å². The van der Waals surface area contributed by atoms with Crippen LogP contribution < -0.4 is 10.4 Å². The van der Waals surface area contributed by atoms with Crippen molar-refractivity contribution >= 4 is 22.9 Å². The number of esters is 2. The Kier molecular flexibility index (Phi) is 5.57. The molecule has 1 heterocycles. The first-order valence-corrected chi connectivity index (χ1v) is 7.37. The number of hydrogen-bond acceptors (Lipinski definition) is 7.